The van der Waals surface area contributed by atoms with E-state index in [0.717, 1.165) is 12.1 Å². The van der Waals surface area contributed by atoms with Gasteiger partial charge in [0.25, 0.3) is 0 Å². The number of ether oxygens (including phenoxy) is 1. The Morgan fingerprint density at radius 2 is 1.70 bits per heavy atom. The molecule has 4 nitrogen and oxygen atoms in total. The number of carboxylic acid groups (broad SMARTS) is 1. The maximum absolute atomic E-state index is 13.4. The number of alkyl halides is 4. The number of hydrogen-bond donors (Lipinski definition) is 2. The number of rotatable bonds is 8. The molecule has 2 aromatic carbocycles. The molecule has 0 aromatic heterocycles. The van der Waals surface area contributed by atoms with Crippen molar-refractivity contribution in [3.05, 3.63) is 57.1 Å². The van der Waals surface area contributed by atoms with Crippen LogP contribution in [0.4, 0.5) is 23.2 Å². The molecular formula is C20H19Cl2F4NO3. The Bertz CT molecular complexity index is 896. The van der Waals surface area contributed by atoms with E-state index in [1.807, 2.05) is 0 Å². The second-order valence-electron chi connectivity index (χ2n) is 6.90. The molecule has 2 rings (SSSR count). The third kappa shape index (κ3) is 6.67. The van der Waals surface area contributed by atoms with E-state index in [9.17, 15) is 22.4 Å². The Kier molecular flexibility index (Phi) is 7.82. The van der Waals surface area contributed by atoms with Crippen LogP contribution in [0, 0.1) is 0 Å². The van der Waals surface area contributed by atoms with Crippen LogP contribution in [0.1, 0.15) is 30.5 Å². The summed E-state index contributed by atoms with van der Waals surface area (Å²) in [7, 11) is 0. The molecule has 10 heteroatoms. The van der Waals surface area contributed by atoms with Gasteiger partial charge in [0.15, 0.2) is 5.75 Å². The average molecular weight is 468 g/mol. The zero-order valence-electron chi connectivity index (χ0n) is 16.0. The van der Waals surface area contributed by atoms with Crippen LogP contribution in [0.15, 0.2) is 30.3 Å². The van der Waals surface area contributed by atoms with Gasteiger partial charge in [-0.25, -0.2) is 9.18 Å². The largest absolute Gasteiger partial charge is 0.486 e. The molecule has 0 spiro atoms. The first-order chi connectivity index (χ1) is 13.9. The predicted molar refractivity (Wildman–Crippen MR) is 107 cm³/mol. The van der Waals surface area contributed by atoms with Crippen molar-refractivity contribution >= 4 is 34.9 Å². The zero-order valence-corrected chi connectivity index (χ0v) is 17.5. The molecule has 0 aliphatic carbocycles. The van der Waals surface area contributed by atoms with Crippen LogP contribution in [-0.4, -0.2) is 23.3 Å². The molecule has 0 bridgehead atoms. The summed E-state index contributed by atoms with van der Waals surface area (Å²) >= 11 is 12.2. The molecular weight excluding hydrogens is 449 g/mol. The van der Waals surface area contributed by atoms with Gasteiger partial charge in [-0.15, -0.1) is 0 Å². The first kappa shape index (κ1) is 24.1. The Labute approximate surface area is 180 Å². The summed E-state index contributed by atoms with van der Waals surface area (Å²) in [6.45, 7) is 3.34. The second kappa shape index (κ2) is 9.75. The zero-order chi connectivity index (χ0) is 22.6. The summed E-state index contributed by atoms with van der Waals surface area (Å²) < 4.78 is 58.5. The summed E-state index contributed by atoms with van der Waals surface area (Å²) in [4.78, 5) is 10.6. The van der Waals surface area contributed by atoms with E-state index in [0.29, 0.717) is 0 Å². The Morgan fingerprint density at radius 1 is 1.10 bits per heavy atom. The van der Waals surface area contributed by atoms with E-state index in [2.05, 4.69) is 5.32 Å². The number of carboxylic acids is 1. The summed E-state index contributed by atoms with van der Waals surface area (Å²) in [6, 6.07) is 6.01. The molecule has 0 saturated heterocycles. The maximum atomic E-state index is 13.4. The third-order valence-electron chi connectivity index (χ3n) is 3.90. The van der Waals surface area contributed by atoms with Gasteiger partial charge in [0.1, 0.15) is 6.61 Å². The standard InChI is InChI=1S/C20H19Cl2F4NO3/c1-10(2)27-14-4-12(3-13(8-14)20(24,25)26)9-30-18-15(21)5-11(6-16(18)22)7-17(23)19(28)29/h3-6,8,10,17,27H,7,9H2,1-2H3,(H,28,29). The lowest BCUT2D eigenvalue weighted by atomic mass is 10.1. The quantitative estimate of drug-likeness (QED) is 0.442. The van der Waals surface area contributed by atoms with Gasteiger partial charge in [0.05, 0.1) is 15.6 Å². The minimum atomic E-state index is -4.53. The number of hydrogen-bond acceptors (Lipinski definition) is 3. The van der Waals surface area contributed by atoms with Crippen LogP contribution >= 0.6 is 23.2 Å². The van der Waals surface area contributed by atoms with Crippen molar-refractivity contribution in [2.24, 2.45) is 0 Å². The maximum Gasteiger partial charge on any atom is 0.416 e. The Balaban J connectivity index is 2.24. The lowest BCUT2D eigenvalue weighted by Gasteiger charge is -2.17. The van der Waals surface area contributed by atoms with Gasteiger partial charge in [-0.3, -0.25) is 0 Å². The lowest BCUT2D eigenvalue weighted by molar-refractivity contribution is -0.142. The van der Waals surface area contributed by atoms with E-state index < -0.39 is 30.3 Å². The van der Waals surface area contributed by atoms with E-state index in [-0.39, 0.29) is 45.3 Å². The molecule has 0 aliphatic heterocycles. The Hall–Kier alpha value is -2.19. The van der Waals surface area contributed by atoms with E-state index in [1.54, 1.807) is 13.8 Å². The van der Waals surface area contributed by atoms with Crippen LogP contribution in [0.3, 0.4) is 0 Å². The molecule has 30 heavy (non-hydrogen) atoms. The second-order valence-corrected chi connectivity index (χ2v) is 7.72. The van der Waals surface area contributed by atoms with Crippen molar-refractivity contribution in [2.75, 3.05) is 5.32 Å². The summed E-state index contributed by atoms with van der Waals surface area (Å²) in [5.74, 6) is -1.61. The fourth-order valence-electron chi connectivity index (χ4n) is 2.67. The first-order valence-corrected chi connectivity index (χ1v) is 9.57. The fraction of sp³-hybridized carbons (Fsp3) is 0.350. The van der Waals surface area contributed by atoms with Crippen molar-refractivity contribution in [3.8, 4) is 5.75 Å². The molecule has 0 heterocycles. The third-order valence-corrected chi connectivity index (χ3v) is 4.46. The van der Waals surface area contributed by atoms with Crippen LogP contribution in [0.5, 0.6) is 5.75 Å². The van der Waals surface area contributed by atoms with Crippen LogP contribution < -0.4 is 10.1 Å². The molecule has 0 fully saturated rings. The number of nitrogens with one attached hydrogen (secondary N) is 1. The van der Waals surface area contributed by atoms with E-state index in [1.165, 1.54) is 18.2 Å². The number of anilines is 1. The lowest BCUT2D eigenvalue weighted by Crippen LogP contribution is -2.17. The molecule has 164 valence electrons. The highest BCUT2D eigenvalue weighted by Gasteiger charge is 2.31. The number of carbonyl (C=O) groups is 1. The van der Waals surface area contributed by atoms with Crippen molar-refractivity contribution in [2.45, 2.75) is 45.3 Å². The first-order valence-electron chi connectivity index (χ1n) is 8.82. The van der Waals surface area contributed by atoms with Gasteiger partial charge < -0.3 is 15.2 Å². The van der Waals surface area contributed by atoms with Crippen LogP contribution in [0.25, 0.3) is 0 Å². The topological polar surface area (TPSA) is 58.6 Å². The van der Waals surface area contributed by atoms with Crippen LogP contribution in [-0.2, 0) is 24.0 Å². The molecule has 0 saturated carbocycles. The van der Waals surface area contributed by atoms with Gasteiger partial charge in [0, 0.05) is 18.2 Å². The van der Waals surface area contributed by atoms with Crippen molar-refractivity contribution in [3.63, 3.8) is 0 Å². The van der Waals surface area contributed by atoms with Gasteiger partial charge in [-0.1, -0.05) is 23.2 Å². The van der Waals surface area contributed by atoms with Crippen LogP contribution in [0.2, 0.25) is 10.0 Å². The number of halogens is 6. The molecule has 2 N–H and O–H groups in total. The molecule has 0 radical (unpaired) electrons. The van der Waals surface area contributed by atoms with Gasteiger partial charge in [-0.2, -0.15) is 13.2 Å². The number of benzene rings is 2. The van der Waals surface area contributed by atoms with Crippen molar-refractivity contribution in [1.82, 2.24) is 0 Å². The average Bonchev–Trinajstić information content (AvgIpc) is 2.59. The molecule has 2 aromatic rings. The molecule has 0 amide bonds. The van der Waals surface area contributed by atoms with Gasteiger partial charge in [-0.05, 0) is 55.3 Å². The fourth-order valence-corrected chi connectivity index (χ4v) is 3.31. The highest BCUT2D eigenvalue weighted by atomic mass is 35.5. The Morgan fingerprint density at radius 3 is 2.20 bits per heavy atom. The normalized spacial score (nSPS) is 12.7. The van der Waals surface area contributed by atoms with E-state index >= 15 is 0 Å². The number of aliphatic carboxylic acids is 1. The van der Waals surface area contributed by atoms with Gasteiger partial charge >= 0.3 is 12.1 Å². The minimum absolute atomic E-state index is 0.00333. The SMILES string of the molecule is CC(C)Nc1cc(COc2c(Cl)cc(CC(F)C(=O)O)cc2Cl)cc(C(F)(F)F)c1. The summed E-state index contributed by atoms with van der Waals surface area (Å²) in [5, 5.41) is 11.6. The summed E-state index contributed by atoms with van der Waals surface area (Å²) in [5.41, 5.74) is -0.0656. The van der Waals surface area contributed by atoms with E-state index in [4.69, 9.17) is 33.0 Å². The summed E-state index contributed by atoms with van der Waals surface area (Å²) in [6.07, 6.45) is -7.10. The minimum Gasteiger partial charge on any atom is -0.486 e. The molecule has 0 aliphatic rings. The highest BCUT2D eigenvalue weighted by molar-refractivity contribution is 6.37. The van der Waals surface area contributed by atoms with Gasteiger partial charge in [0.2, 0.25) is 6.17 Å². The molecule has 1 atom stereocenters. The smallest absolute Gasteiger partial charge is 0.416 e. The monoisotopic (exact) mass is 467 g/mol. The van der Waals surface area contributed by atoms with Crippen molar-refractivity contribution in [1.29, 1.82) is 0 Å². The predicted octanol–water partition coefficient (Wildman–Crippen LogP) is 6.38. The van der Waals surface area contributed by atoms with Crippen molar-refractivity contribution < 1.29 is 32.2 Å². The highest BCUT2D eigenvalue weighted by Crippen LogP contribution is 2.36. The molecule has 1 unspecified atom stereocenters.